The Balaban J connectivity index is 1.67. The first kappa shape index (κ1) is 20.3. The maximum Gasteiger partial charge on any atom is 0.279 e. The molecule has 0 saturated carbocycles. The minimum absolute atomic E-state index is 0.0309. The molecule has 0 spiro atoms. The molecule has 8 heteroatoms. The normalized spacial score (nSPS) is 11.1. The lowest BCUT2D eigenvalue weighted by atomic mass is 10.1. The number of aromatic nitrogens is 4. The fraction of sp³-hybridized carbons (Fsp3) is 0. The number of carbonyl (C=O) groups is 1. The molecule has 0 radical (unpaired) electrons. The van der Waals surface area contributed by atoms with E-state index in [2.05, 4.69) is 10.1 Å². The Morgan fingerprint density at radius 1 is 0.914 bits per heavy atom. The zero-order valence-corrected chi connectivity index (χ0v) is 18.1. The van der Waals surface area contributed by atoms with Crippen LogP contribution in [0.3, 0.4) is 0 Å². The van der Waals surface area contributed by atoms with E-state index in [1.807, 2.05) is 42.5 Å². The highest BCUT2D eigenvalue weighted by Gasteiger charge is 2.27. The van der Waals surface area contributed by atoms with Crippen LogP contribution in [0.2, 0.25) is 0 Å². The first-order valence-corrected chi connectivity index (χ1v) is 10.8. The Morgan fingerprint density at radius 3 is 2.31 bits per heavy atom. The van der Waals surface area contributed by atoms with Gasteiger partial charge in [0.2, 0.25) is 11.6 Å². The molecule has 0 unspecified atom stereocenters. The van der Waals surface area contributed by atoms with Crippen LogP contribution in [0.4, 0.5) is 0 Å². The largest absolute Gasteiger partial charge is 0.452 e. The first-order chi connectivity index (χ1) is 17.2. The summed E-state index contributed by atoms with van der Waals surface area (Å²) in [5, 5.41) is 15.1. The number of hydrogen-bond donors (Lipinski definition) is 0. The number of hydrogen-bond acceptors (Lipinski definition) is 6. The Kier molecular flexibility index (Phi) is 4.61. The van der Waals surface area contributed by atoms with Gasteiger partial charge in [0.1, 0.15) is 17.2 Å². The standard InChI is InChI=1S/C27H15N5O3/c28-16-20-23(17-9-3-1-4-10-17)29-27-31(26(20)34)25(30-32(27)19-12-5-2-6-13-19)24(33)22-15-18-11-7-8-14-21(18)35-22/h1-15H. The van der Waals surface area contributed by atoms with Gasteiger partial charge in [-0.3, -0.25) is 9.59 Å². The van der Waals surface area contributed by atoms with E-state index < -0.39 is 11.3 Å². The van der Waals surface area contributed by atoms with Crippen molar-refractivity contribution in [1.29, 1.82) is 5.26 Å². The zero-order valence-electron chi connectivity index (χ0n) is 18.1. The highest BCUT2D eigenvalue weighted by molar-refractivity contribution is 6.07. The average molecular weight is 457 g/mol. The van der Waals surface area contributed by atoms with Gasteiger partial charge in [0.05, 0.1) is 11.4 Å². The van der Waals surface area contributed by atoms with Crippen molar-refractivity contribution < 1.29 is 9.21 Å². The maximum absolute atomic E-state index is 13.6. The van der Waals surface area contributed by atoms with E-state index in [1.54, 1.807) is 54.6 Å². The van der Waals surface area contributed by atoms with Gasteiger partial charge in [-0.2, -0.15) is 9.94 Å². The van der Waals surface area contributed by atoms with Gasteiger partial charge < -0.3 is 4.42 Å². The number of carbonyl (C=O) groups excluding carboxylic acids is 1. The molecule has 8 nitrogen and oxygen atoms in total. The Hall–Kier alpha value is -5.29. The number of rotatable bonds is 4. The lowest BCUT2D eigenvalue weighted by molar-refractivity contribution is 0.0999. The van der Waals surface area contributed by atoms with Crippen molar-refractivity contribution in [2.24, 2.45) is 0 Å². The van der Waals surface area contributed by atoms with Crippen molar-refractivity contribution in [3.05, 3.63) is 118 Å². The van der Waals surface area contributed by atoms with Crippen LogP contribution in [0.25, 0.3) is 33.7 Å². The molecule has 0 amide bonds. The summed E-state index contributed by atoms with van der Waals surface area (Å²) in [4.78, 5) is 31.8. The van der Waals surface area contributed by atoms with E-state index in [0.717, 1.165) is 9.79 Å². The van der Waals surface area contributed by atoms with Gasteiger partial charge in [-0.25, -0.2) is 9.38 Å². The van der Waals surface area contributed by atoms with E-state index in [1.165, 1.54) is 4.68 Å². The van der Waals surface area contributed by atoms with E-state index >= 15 is 0 Å². The van der Waals surface area contributed by atoms with Crippen molar-refractivity contribution in [2.75, 3.05) is 0 Å². The molecule has 3 aromatic carbocycles. The highest BCUT2D eigenvalue weighted by Crippen LogP contribution is 2.24. The minimum Gasteiger partial charge on any atom is -0.452 e. The Bertz CT molecular complexity index is 1810. The molecule has 0 atom stereocenters. The summed E-state index contributed by atoms with van der Waals surface area (Å²) in [6.07, 6.45) is 0. The number of benzene rings is 3. The number of ketones is 1. The predicted octanol–water partition coefficient (Wildman–Crippen LogP) is 4.40. The lowest BCUT2D eigenvalue weighted by Crippen LogP contribution is -2.23. The number of nitriles is 1. The molecular formula is C27H15N5O3. The summed E-state index contributed by atoms with van der Waals surface area (Å²) in [5.74, 6) is -0.653. The number of para-hydroxylation sites is 2. The Labute approximate surface area is 197 Å². The van der Waals surface area contributed by atoms with Crippen LogP contribution in [0.15, 0.2) is 100 Å². The van der Waals surface area contributed by atoms with E-state index in [4.69, 9.17) is 4.42 Å². The summed E-state index contributed by atoms with van der Waals surface area (Å²) < 4.78 is 8.24. The van der Waals surface area contributed by atoms with Crippen LogP contribution in [0.1, 0.15) is 21.9 Å². The summed E-state index contributed by atoms with van der Waals surface area (Å²) in [6, 6.07) is 28.8. The van der Waals surface area contributed by atoms with Crippen molar-refractivity contribution in [1.82, 2.24) is 19.2 Å². The summed E-state index contributed by atoms with van der Waals surface area (Å²) in [6.45, 7) is 0. The van der Waals surface area contributed by atoms with Crippen LogP contribution in [0.5, 0.6) is 0 Å². The van der Waals surface area contributed by atoms with Gasteiger partial charge in [-0.1, -0.05) is 66.7 Å². The molecule has 0 N–H and O–H groups in total. The molecule has 166 valence electrons. The number of furan rings is 1. The average Bonchev–Trinajstić information content (AvgIpc) is 3.51. The molecule has 0 saturated heterocycles. The van der Waals surface area contributed by atoms with Crippen LogP contribution in [0, 0.1) is 11.3 Å². The monoisotopic (exact) mass is 457 g/mol. The van der Waals surface area contributed by atoms with Crippen molar-refractivity contribution in [3.63, 3.8) is 0 Å². The molecule has 0 aliphatic heterocycles. The highest BCUT2D eigenvalue weighted by atomic mass is 16.3. The number of nitrogens with zero attached hydrogens (tertiary/aromatic N) is 5. The second kappa shape index (κ2) is 7.93. The minimum atomic E-state index is -0.682. The third-order valence-corrected chi connectivity index (χ3v) is 5.67. The molecule has 0 bridgehead atoms. The van der Waals surface area contributed by atoms with Gasteiger partial charge >= 0.3 is 0 Å². The van der Waals surface area contributed by atoms with Gasteiger partial charge in [-0.05, 0) is 24.3 Å². The second-order valence-corrected chi connectivity index (χ2v) is 7.80. The molecule has 6 rings (SSSR count). The topological polar surface area (TPSA) is 106 Å². The van der Waals surface area contributed by atoms with E-state index in [0.29, 0.717) is 16.8 Å². The Morgan fingerprint density at radius 2 is 1.60 bits per heavy atom. The number of fused-ring (bicyclic) bond motifs is 2. The zero-order chi connectivity index (χ0) is 23.9. The molecule has 0 aliphatic rings. The smallest absolute Gasteiger partial charge is 0.279 e. The summed E-state index contributed by atoms with van der Waals surface area (Å²) in [5.41, 5.74) is 1.10. The van der Waals surface area contributed by atoms with Crippen LogP contribution in [-0.2, 0) is 0 Å². The predicted molar refractivity (Wildman–Crippen MR) is 128 cm³/mol. The third kappa shape index (κ3) is 3.22. The molecule has 3 heterocycles. The summed E-state index contributed by atoms with van der Waals surface area (Å²) in [7, 11) is 0. The fourth-order valence-corrected chi connectivity index (χ4v) is 4.03. The van der Waals surface area contributed by atoms with Crippen molar-refractivity contribution >= 4 is 22.5 Å². The summed E-state index contributed by atoms with van der Waals surface area (Å²) >= 11 is 0. The molecule has 35 heavy (non-hydrogen) atoms. The van der Waals surface area contributed by atoms with Gasteiger partial charge in [-0.15, -0.1) is 5.10 Å². The molecule has 6 aromatic rings. The van der Waals surface area contributed by atoms with Crippen LogP contribution < -0.4 is 5.56 Å². The van der Waals surface area contributed by atoms with Crippen molar-refractivity contribution in [3.8, 4) is 23.0 Å². The van der Waals surface area contributed by atoms with Gasteiger partial charge in [0.25, 0.3) is 11.3 Å². The SMILES string of the molecule is N#Cc1c(-c2ccccc2)nc2n(-c3ccccc3)nc(C(=O)c3cc4ccccc4o3)n2c1=O. The fourth-order valence-electron chi connectivity index (χ4n) is 4.03. The quantitative estimate of drug-likeness (QED) is 0.363. The van der Waals surface area contributed by atoms with Crippen LogP contribution >= 0.6 is 0 Å². The molecule has 0 aliphatic carbocycles. The van der Waals surface area contributed by atoms with E-state index in [9.17, 15) is 14.9 Å². The maximum atomic E-state index is 13.6. The molecule has 3 aromatic heterocycles. The molecule has 0 fully saturated rings. The second-order valence-electron chi connectivity index (χ2n) is 7.80. The molecular weight excluding hydrogens is 442 g/mol. The first-order valence-electron chi connectivity index (χ1n) is 10.8. The van der Waals surface area contributed by atoms with Gasteiger partial charge in [0, 0.05) is 10.9 Å². The lowest BCUT2D eigenvalue weighted by Gasteiger charge is -2.06. The van der Waals surface area contributed by atoms with Crippen LogP contribution in [-0.4, -0.2) is 24.9 Å². The third-order valence-electron chi connectivity index (χ3n) is 5.67. The van der Waals surface area contributed by atoms with Gasteiger partial charge in [0.15, 0.2) is 5.76 Å². The van der Waals surface area contributed by atoms with E-state index in [-0.39, 0.29) is 28.6 Å². The van der Waals surface area contributed by atoms with Crippen molar-refractivity contribution in [2.45, 2.75) is 0 Å².